The second-order valence-electron chi connectivity index (χ2n) is 7.37. The number of carboxylic acid groups (broad SMARTS) is 1. The zero-order valence-corrected chi connectivity index (χ0v) is 16.0. The lowest BCUT2D eigenvalue weighted by atomic mass is 10.0. The highest BCUT2D eigenvalue weighted by Gasteiger charge is 2.26. The number of aryl methyl sites for hydroxylation is 1. The lowest BCUT2D eigenvalue weighted by Crippen LogP contribution is -2.27. The zero-order valence-electron chi connectivity index (χ0n) is 16.0. The summed E-state index contributed by atoms with van der Waals surface area (Å²) in [7, 11) is 0. The number of benzene rings is 2. The van der Waals surface area contributed by atoms with Gasteiger partial charge >= 0.3 is 5.97 Å². The number of aromatic carboxylic acids is 1. The van der Waals surface area contributed by atoms with Crippen molar-refractivity contribution in [3.8, 4) is 5.69 Å². The Bertz CT molecular complexity index is 1260. The van der Waals surface area contributed by atoms with Crippen LogP contribution in [0.1, 0.15) is 22.3 Å². The molecule has 1 aliphatic rings. The van der Waals surface area contributed by atoms with E-state index in [2.05, 4.69) is 0 Å². The van der Waals surface area contributed by atoms with E-state index in [9.17, 15) is 23.5 Å². The summed E-state index contributed by atoms with van der Waals surface area (Å²) in [6, 6.07) is 4.04. The molecule has 0 amide bonds. The summed E-state index contributed by atoms with van der Waals surface area (Å²) in [4.78, 5) is 26.1. The SMILES string of the molecule is Cc1c(F)c(N2CCC(N)C2)cc2c1c(=O)c(C(=O)O)cn2-c1ccc(F)cc1F. The molecule has 0 saturated carbocycles. The molecule has 0 spiro atoms. The molecule has 1 unspecified atom stereocenters. The summed E-state index contributed by atoms with van der Waals surface area (Å²) in [6.07, 6.45) is 1.63. The van der Waals surface area contributed by atoms with Crippen LogP contribution in [0.15, 0.2) is 35.3 Å². The van der Waals surface area contributed by atoms with E-state index in [1.54, 1.807) is 4.90 Å². The third-order valence-corrected chi connectivity index (χ3v) is 5.41. The molecule has 1 atom stereocenters. The molecule has 0 radical (unpaired) electrons. The molecular formula is C21H18F3N3O3. The fourth-order valence-corrected chi connectivity index (χ4v) is 3.89. The van der Waals surface area contributed by atoms with Gasteiger partial charge in [0.25, 0.3) is 0 Å². The molecule has 3 aromatic rings. The summed E-state index contributed by atoms with van der Waals surface area (Å²) >= 11 is 0. The molecule has 4 rings (SSSR count). The van der Waals surface area contributed by atoms with Gasteiger partial charge in [0, 0.05) is 37.0 Å². The van der Waals surface area contributed by atoms with Crippen LogP contribution >= 0.6 is 0 Å². The van der Waals surface area contributed by atoms with E-state index in [1.807, 2.05) is 0 Å². The molecule has 30 heavy (non-hydrogen) atoms. The fraction of sp³-hybridized carbons (Fsp3) is 0.238. The summed E-state index contributed by atoms with van der Waals surface area (Å²) < 4.78 is 44.3. The van der Waals surface area contributed by atoms with Crippen LogP contribution in [-0.2, 0) is 0 Å². The number of anilines is 1. The first-order valence-corrected chi connectivity index (χ1v) is 9.26. The van der Waals surface area contributed by atoms with Crippen molar-refractivity contribution in [2.24, 2.45) is 5.73 Å². The molecule has 156 valence electrons. The highest BCUT2D eigenvalue weighted by molar-refractivity contribution is 5.95. The first kappa shape index (κ1) is 20.0. The monoisotopic (exact) mass is 417 g/mol. The first-order chi connectivity index (χ1) is 14.2. The van der Waals surface area contributed by atoms with E-state index >= 15 is 4.39 Å². The van der Waals surface area contributed by atoms with Crippen LogP contribution in [0.5, 0.6) is 0 Å². The Balaban J connectivity index is 2.11. The van der Waals surface area contributed by atoms with E-state index in [-0.39, 0.29) is 33.9 Å². The van der Waals surface area contributed by atoms with Crippen molar-refractivity contribution in [1.82, 2.24) is 4.57 Å². The van der Waals surface area contributed by atoms with Gasteiger partial charge in [0.05, 0.1) is 22.3 Å². The van der Waals surface area contributed by atoms with Crippen LogP contribution < -0.4 is 16.1 Å². The van der Waals surface area contributed by atoms with Crippen molar-refractivity contribution in [1.29, 1.82) is 0 Å². The molecule has 1 aliphatic heterocycles. The number of nitrogens with two attached hydrogens (primary N) is 1. The molecule has 2 aromatic carbocycles. The minimum Gasteiger partial charge on any atom is -0.477 e. The molecular weight excluding hydrogens is 399 g/mol. The normalized spacial score (nSPS) is 16.4. The van der Waals surface area contributed by atoms with Gasteiger partial charge in [-0.1, -0.05) is 0 Å². The van der Waals surface area contributed by atoms with Gasteiger partial charge in [-0.2, -0.15) is 0 Å². The molecule has 1 fully saturated rings. The van der Waals surface area contributed by atoms with Crippen LogP contribution in [0.3, 0.4) is 0 Å². The predicted octanol–water partition coefficient (Wildman–Crippen LogP) is 2.95. The molecule has 1 aromatic heterocycles. The number of carboxylic acids is 1. The van der Waals surface area contributed by atoms with Crippen LogP contribution in [0, 0.1) is 24.4 Å². The van der Waals surface area contributed by atoms with Gasteiger partial charge in [0.15, 0.2) is 0 Å². The Labute approximate surface area is 168 Å². The number of carbonyl (C=O) groups is 1. The maximum atomic E-state index is 15.2. The van der Waals surface area contributed by atoms with Crippen LogP contribution in [-0.4, -0.2) is 34.8 Å². The van der Waals surface area contributed by atoms with Gasteiger partial charge in [-0.05, 0) is 31.5 Å². The van der Waals surface area contributed by atoms with E-state index in [4.69, 9.17) is 5.73 Å². The van der Waals surface area contributed by atoms with Crippen molar-refractivity contribution in [3.63, 3.8) is 0 Å². The lowest BCUT2D eigenvalue weighted by molar-refractivity contribution is 0.0695. The number of aromatic nitrogens is 1. The molecule has 2 heterocycles. The summed E-state index contributed by atoms with van der Waals surface area (Å²) in [5.74, 6) is -3.97. The second-order valence-corrected chi connectivity index (χ2v) is 7.37. The van der Waals surface area contributed by atoms with Gasteiger partial charge in [-0.15, -0.1) is 0 Å². The molecule has 0 bridgehead atoms. The van der Waals surface area contributed by atoms with Gasteiger partial charge in [-0.3, -0.25) is 4.79 Å². The highest BCUT2D eigenvalue weighted by atomic mass is 19.1. The largest absolute Gasteiger partial charge is 0.477 e. The Morgan fingerprint density at radius 2 is 1.93 bits per heavy atom. The smallest absolute Gasteiger partial charge is 0.341 e. The minimum absolute atomic E-state index is 0.0488. The quantitative estimate of drug-likeness (QED) is 0.684. The van der Waals surface area contributed by atoms with Crippen molar-refractivity contribution in [2.45, 2.75) is 19.4 Å². The Morgan fingerprint density at radius 1 is 1.20 bits per heavy atom. The first-order valence-electron chi connectivity index (χ1n) is 9.26. The summed E-state index contributed by atoms with van der Waals surface area (Å²) in [6.45, 7) is 2.28. The summed E-state index contributed by atoms with van der Waals surface area (Å²) in [5.41, 5.74) is 4.49. The molecule has 6 nitrogen and oxygen atoms in total. The van der Waals surface area contributed by atoms with Gasteiger partial charge in [0.2, 0.25) is 5.43 Å². The number of hydrogen-bond donors (Lipinski definition) is 2. The number of rotatable bonds is 3. The topological polar surface area (TPSA) is 88.6 Å². The van der Waals surface area contributed by atoms with E-state index < -0.39 is 34.4 Å². The Hall–Kier alpha value is -3.33. The molecule has 9 heteroatoms. The van der Waals surface area contributed by atoms with Crippen molar-refractivity contribution in [2.75, 3.05) is 18.0 Å². The molecule has 1 saturated heterocycles. The van der Waals surface area contributed by atoms with E-state index in [1.165, 1.54) is 13.0 Å². The maximum Gasteiger partial charge on any atom is 0.341 e. The van der Waals surface area contributed by atoms with Crippen LogP contribution in [0.2, 0.25) is 0 Å². The zero-order chi connectivity index (χ0) is 21.7. The van der Waals surface area contributed by atoms with Crippen LogP contribution in [0.25, 0.3) is 16.6 Å². The van der Waals surface area contributed by atoms with Crippen molar-refractivity contribution < 1.29 is 23.1 Å². The predicted molar refractivity (Wildman–Crippen MR) is 106 cm³/mol. The number of nitrogens with zero attached hydrogens (tertiary/aromatic N) is 2. The standard InChI is InChI=1S/C21H18F3N3O3/c1-10-18-16(7-17(19(10)24)26-5-4-12(25)8-26)27(9-13(20(18)28)21(29)30)15-3-2-11(22)6-14(15)23/h2-3,6-7,9,12H,4-5,8,25H2,1H3,(H,29,30). The Morgan fingerprint density at radius 3 is 2.53 bits per heavy atom. The van der Waals surface area contributed by atoms with Crippen LogP contribution in [0.4, 0.5) is 18.9 Å². The molecule has 3 N–H and O–H groups in total. The van der Waals surface area contributed by atoms with Gasteiger partial charge in [0.1, 0.15) is 23.0 Å². The van der Waals surface area contributed by atoms with Crippen molar-refractivity contribution >= 4 is 22.6 Å². The highest BCUT2D eigenvalue weighted by Crippen LogP contribution is 2.32. The Kier molecular flexibility index (Phi) is 4.77. The average Bonchev–Trinajstić information content (AvgIpc) is 3.11. The third-order valence-electron chi connectivity index (χ3n) is 5.41. The molecule has 0 aliphatic carbocycles. The minimum atomic E-state index is -1.53. The van der Waals surface area contributed by atoms with E-state index in [0.29, 0.717) is 25.6 Å². The summed E-state index contributed by atoms with van der Waals surface area (Å²) in [5, 5.41) is 9.27. The third kappa shape index (κ3) is 3.11. The number of halogens is 3. The second kappa shape index (κ2) is 7.17. The maximum absolute atomic E-state index is 15.2. The van der Waals surface area contributed by atoms with Crippen molar-refractivity contribution in [3.05, 3.63) is 69.3 Å². The van der Waals surface area contributed by atoms with Gasteiger partial charge in [-0.25, -0.2) is 18.0 Å². The number of pyridine rings is 1. The van der Waals surface area contributed by atoms with Gasteiger partial charge < -0.3 is 20.3 Å². The number of fused-ring (bicyclic) bond motifs is 1. The average molecular weight is 417 g/mol. The number of hydrogen-bond acceptors (Lipinski definition) is 4. The van der Waals surface area contributed by atoms with E-state index in [0.717, 1.165) is 22.9 Å². The lowest BCUT2D eigenvalue weighted by Gasteiger charge is -2.22. The fourth-order valence-electron chi connectivity index (χ4n) is 3.89.